The SMILES string of the molecule is CCc1ccc(Cc2nnc(NC(=O)C3CCCN(S(=O)(=O)c4ccccc4)C3)o2)cc1. The summed E-state index contributed by atoms with van der Waals surface area (Å²) >= 11 is 0. The van der Waals surface area contributed by atoms with E-state index in [0.29, 0.717) is 31.7 Å². The summed E-state index contributed by atoms with van der Waals surface area (Å²) in [5.41, 5.74) is 2.29. The maximum Gasteiger partial charge on any atom is 0.322 e. The van der Waals surface area contributed by atoms with E-state index in [4.69, 9.17) is 4.42 Å². The number of piperidine rings is 1. The van der Waals surface area contributed by atoms with Gasteiger partial charge in [-0.15, -0.1) is 5.10 Å². The number of carbonyl (C=O) groups excluding carboxylic acids is 1. The Morgan fingerprint density at radius 3 is 2.53 bits per heavy atom. The van der Waals surface area contributed by atoms with Crippen LogP contribution in [0, 0.1) is 5.92 Å². The molecular weight excluding hydrogens is 428 g/mol. The second kappa shape index (κ2) is 9.62. The number of amides is 1. The van der Waals surface area contributed by atoms with Crippen LogP contribution in [0.3, 0.4) is 0 Å². The molecule has 2 heterocycles. The number of aryl methyl sites for hydroxylation is 1. The molecule has 0 radical (unpaired) electrons. The van der Waals surface area contributed by atoms with Crippen LogP contribution in [-0.4, -0.2) is 41.9 Å². The zero-order chi connectivity index (χ0) is 22.6. The van der Waals surface area contributed by atoms with Crippen molar-refractivity contribution < 1.29 is 17.6 Å². The van der Waals surface area contributed by atoms with Crippen molar-refractivity contribution in [2.45, 2.75) is 37.5 Å². The number of carbonyl (C=O) groups is 1. The number of hydrogen-bond acceptors (Lipinski definition) is 6. The van der Waals surface area contributed by atoms with Crippen molar-refractivity contribution in [1.29, 1.82) is 0 Å². The van der Waals surface area contributed by atoms with Crippen molar-refractivity contribution in [3.05, 3.63) is 71.6 Å². The zero-order valence-electron chi connectivity index (χ0n) is 17.9. The molecule has 3 aromatic rings. The van der Waals surface area contributed by atoms with Gasteiger partial charge in [0.25, 0.3) is 0 Å². The number of anilines is 1. The maximum atomic E-state index is 12.9. The van der Waals surface area contributed by atoms with E-state index in [9.17, 15) is 13.2 Å². The van der Waals surface area contributed by atoms with Gasteiger partial charge in [0.15, 0.2) is 0 Å². The Kier molecular flexibility index (Phi) is 6.66. The highest BCUT2D eigenvalue weighted by molar-refractivity contribution is 7.89. The first-order valence-corrected chi connectivity index (χ1v) is 12.2. The Morgan fingerprint density at radius 1 is 1.09 bits per heavy atom. The van der Waals surface area contributed by atoms with Crippen LogP contribution in [0.4, 0.5) is 6.01 Å². The van der Waals surface area contributed by atoms with Gasteiger partial charge in [0.1, 0.15) is 0 Å². The highest BCUT2D eigenvalue weighted by Crippen LogP contribution is 2.24. The fraction of sp³-hybridized carbons (Fsp3) is 0.348. The van der Waals surface area contributed by atoms with Crippen LogP contribution >= 0.6 is 0 Å². The van der Waals surface area contributed by atoms with Gasteiger partial charge in [-0.1, -0.05) is 54.5 Å². The van der Waals surface area contributed by atoms with Gasteiger partial charge in [-0.2, -0.15) is 4.31 Å². The van der Waals surface area contributed by atoms with Crippen LogP contribution in [0.5, 0.6) is 0 Å². The maximum absolute atomic E-state index is 12.9. The lowest BCUT2D eigenvalue weighted by atomic mass is 9.99. The summed E-state index contributed by atoms with van der Waals surface area (Å²) in [7, 11) is -3.64. The minimum atomic E-state index is -3.64. The molecular formula is C23H26N4O4S. The van der Waals surface area contributed by atoms with Gasteiger partial charge < -0.3 is 4.42 Å². The van der Waals surface area contributed by atoms with Crippen LogP contribution in [0.25, 0.3) is 0 Å². The Hall–Kier alpha value is -3.04. The molecule has 1 N–H and O–H groups in total. The molecule has 1 saturated heterocycles. The fourth-order valence-electron chi connectivity index (χ4n) is 3.77. The molecule has 1 amide bonds. The van der Waals surface area contributed by atoms with E-state index in [1.807, 2.05) is 12.1 Å². The highest BCUT2D eigenvalue weighted by atomic mass is 32.2. The summed E-state index contributed by atoms with van der Waals surface area (Å²) in [6.07, 6.45) is 2.64. The third-order valence-electron chi connectivity index (χ3n) is 5.62. The van der Waals surface area contributed by atoms with Gasteiger partial charge >= 0.3 is 6.01 Å². The Balaban J connectivity index is 1.37. The first kappa shape index (κ1) is 22.2. The first-order chi connectivity index (χ1) is 15.5. The molecule has 1 aliphatic rings. The average molecular weight is 455 g/mol. The number of nitrogens with zero attached hydrogens (tertiary/aromatic N) is 3. The molecule has 0 spiro atoms. The molecule has 32 heavy (non-hydrogen) atoms. The molecule has 1 aliphatic heterocycles. The van der Waals surface area contributed by atoms with E-state index < -0.39 is 15.9 Å². The van der Waals surface area contributed by atoms with E-state index in [1.165, 1.54) is 9.87 Å². The molecule has 1 unspecified atom stereocenters. The Bertz CT molecular complexity index is 1160. The van der Waals surface area contributed by atoms with E-state index in [-0.39, 0.29) is 23.4 Å². The standard InChI is InChI=1S/C23H26N4O4S/c1-2-17-10-12-18(13-11-17)15-21-25-26-23(31-21)24-22(28)19-7-6-14-27(16-19)32(29,30)20-8-4-3-5-9-20/h3-5,8-13,19H,2,6-7,14-16H2,1H3,(H,24,26,28). The molecule has 4 rings (SSSR count). The lowest BCUT2D eigenvalue weighted by Gasteiger charge is -2.30. The van der Waals surface area contributed by atoms with Gasteiger partial charge in [-0.3, -0.25) is 10.1 Å². The lowest BCUT2D eigenvalue weighted by Crippen LogP contribution is -2.43. The highest BCUT2D eigenvalue weighted by Gasteiger charge is 2.33. The second-order valence-corrected chi connectivity index (χ2v) is 9.79. The summed E-state index contributed by atoms with van der Waals surface area (Å²) in [5, 5.41) is 10.6. The predicted octanol–water partition coefficient (Wildman–Crippen LogP) is 3.26. The van der Waals surface area contributed by atoms with Crippen LogP contribution < -0.4 is 5.32 Å². The van der Waals surface area contributed by atoms with Crippen molar-refractivity contribution in [2.75, 3.05) is 18.4 Å². The van der Waals surface area contributed by atoms with Crippen molar-refractivity contribution in [2.24, 2.45) is 5.92 Å². The van der Waals surface area contributed by atoms with Crippen molar-refractivity contribution in [3.8, 4) is 0 Å². The molecule has 0 saturated carbocycles. The van der Waals surface area contributed by atoms with E-state index in [0.717, 1.165) is 12.0 Å². The molecule has 168 valence electrons. The van der Waals surface area contributed by atoms with Crippen LogP contribution in [-0.2, 0) is 27.7 Å². The molecule has 9 heteroatoms. The number of sulfonamides is 1. The molecule has 8 nitrogen and oxygen atoms in total. The largest absolute Gasteiger partial charge is 0.407 e. The molecule has 1 fully saturated rings. The molecule has 1 aromatic heterocycles. The van der Waals surface area contributed by atoms with E-state index >= 15 is 0 Å². The second-order valence-electron chi connectivity index (χ2n) is 7.85. The van der Waals surface area contributed by atoms with Crippen molar-refractivity contribution in [1.82, 2.24) is 14.5 Å². The van der Waals surface area contributed by atoms with Crippen LogP contribution in [0.1, 0.15) is 36.8 Å². The number of aromatic nitrogens is 2. The van der Waals surface area contributed by atoms with Crippen molar-refractivity contribution in [3.63, 3.8) is 0 Å². The lowest BCUT2D eigenvalue weighted by molar-refractivity contribution is -0.121. The third-order valence-corrected chi connectivity index (χ3v) is 7.50. The number of benzene rings is 2. The number of rotatable bonds is 7. The summed E-state index contributed by atoms with van der Waals surface area (Å²) in [5.74, 6) is -0.402. The predicted molar refractivity (Wildman–Crippen MR) is 119 cm³/mol. The number of nitrogens with one attached hydrogen (secondary N) is 1. The third kappa shape index (κ3) is 5.05. The average Bonchev–Trinajstić information content (AvgIpc) is 3.26. The van der Waals surface area contributed by atoms with Gasteiger partial charge in [-0.05, 0) is 42.5 Å². The first-order valence-electron chi connectivity index (χ1n) is 10.7. The van der Waals surface area contributed by atoms with Gasteiger partial charge in [0.2, 0.25) is 21.8 Å². The zero-order valence-corrected chi connectivity index (χ0v) is 18.7. The Morgan fingerprint density at radius 2 is 1.81 bits per heavy atom. The normalized spacial score (nSPS) is 17.2. The van der Waals surface area contributed by atoms with Gasteiger partial charge in [0.05, 0.1) is 17.2 Å². The quantitative estimate of drug-likeness (QED) is 0.587. The van der Waals surface area contributed by atoms with Gasteiger partial charge in [-0.25, -0.2) is 8.42 Å². The summed E-state index contributed by atoms with van der Waals surface area (Å²) in [4.78, 5) is 13.0. The molecule has 0 aliphatic carbocycles. The van der Waals surface area contributed by atoms with Crippen LogP contribution in [0.15, 0.2) is 63.9 Å². The molecule has 1 atom stereocenters. The van der Waals surface area contributed by atoms with Crippen LogP contribution in [0.2, 0.25) is 0 Å². The van der Waals surface area contributed by atoms with E-state index in [1.54, 1.807) is 30.3 Å². The fourth-order valence-corrected chi connectivity index (χ4v) is 5.31. The topological polar surface area (TPSA) is 105 Å². The summed E-state index contributed by atoms with van der Waals surface area (Å²) in [6, 6.07) is 16.5. The van der Waals surface area contributed by atoms with E-state index in [2.05, 4.69) is 34.6 Å². The number of hydrogen-bond donors (Lipinski definition) is 1. The van der Waals surface area contributed by atoms with Gasteiger partial charge in [0, 0.05) is 13.1 Å². The monoisotopic (exact) mass is 454 g/mol. The molecule has 0 bridgehead atoms. The minimum absolute atomic E-state index is 0.0261. The minimum Gasteiger partial charge on any atom is -0.407 e. The Labute approximate surface area is 187 Å². The molecule has 2 aromatic carbocycles. The smallest absolute Gasteiger partial charge is 0.322 e. The summed E-state index contributed by atoms with van der Waals surface area (Å²) in [6.45, 7) is 2.61. The van der Waals surface area contributed by atoms with Crippen molar-refractivity contribution >= 4 is 21.9 Å². The summed E-state index contributed by atoms with van der Waals surface area (Å²) < 4.78 is 32.7.